The van der Waals surface area contributed by atoms with Crippen molar-refractivity contribution in [2.24, 2.45) is 5.10 Å². The lowest BCUT2D eigenvalue weighted by molar-refractivity contribution is -0.114. The largest absolute Gasteiger partial charge is 0.488 e. The first kappa shape index (κ1) is 20.0. The number of hydrogen-bond donors (Lipinski definition) is 0. The smallest absolute Gasteiger partial charge is 0.280 e. The number of para-hydroxylation sites is 1. The van der Waals surface area contributed by atoms with Crippen molar-refractivity contribution in [2.75, 3.05) is 5.01 Å². The highest BCUT2D eigenvalue weighted by atomic mass is 79.9. The third-order valence-corrected chi connectivity index (χ3v) is 5.11. The number of benzene rings is 3. The van der Waals surface area contributed by atoms with Gasteiger partial charge in [0.15, 0.2) is 0 Å². The molecule has 0 saturated carbocycles. The summed E-state index contributed by atoms with van der Waals surface area (Å²) in [5.74, 6) is 0.0853. The van der Waals surface area contributed by atoms with E-state index in [2.05, 4.69) is 21.0 Å². The predicted molar refractivity (Wildman–Crippen MR) is 120 cm³/mol. The molecule has 1 aliphatic heterocycles. The molecule has 4 rings (SSSR count). The molecule has 1 aliphatic rings. The molecule has 0 aromatic heterocycles. The van der Waals surface area contributed by atoms with Gasteiger partial charge in [0.05, 0.1) is 17.0 Å². The third kappa shape index (κ3) is 4.33. The van der Waals surface area contributed by atoms with E-state index in [0.29, 0.717) is 22.7 Å². The van der Waals surface area contributed by atoms with Crippen molar-refractivity contribution >= 4 is 39.3 Å². The van der Waals surface area contributed by atoms with Crippen LogP contribution >= 0.6 is 15.9 Å². The number of carbonyl (C=O) groups excluding carboxylic acids is 1. The number of nitrogens with zero attached hydrogens (tertiary/aromatic N) is 2. The van der Waals surface area contributed by atoms with Crippen molar-refractivity contribution in [1.29, 1.82) is 0 Å². The van der Waals surface area contributed by atoms with Crippen LogP contribution in [0.4, 0.5) is 10.1 Å². The van der Waals surface area contributed by atoms with Crippen LogP contribution in [0.25, 0.3) is 6.08 Å². The van der Waals surface area contributed by atoms with Crippen molar-refractivity contribution in [2.45, 2.75) is 13.5 Å². The summed E-state index contributed by atoms with van der Waals surface area (Å²) in [6, 6.07) is 21.1. The van der Waals surface area contributed by atoms with E-state index in [1.807, 2.05) is 48.5 Å². The summed E-state index contributed by atoms with van der Waals surface area (Å²) in [5.41, 5.74) is 3.28. The van der Waals surface area contributed by atoms with E-state index in [0.717, 1.165) is 15.6 Å². The Hall–Kier alpha value is -3.25. The average Bonchev–Trinajstić information content (AvgIpc) is 3.02. The number of hydrazone groups is 1. The van der Waals surface area contributed by atoms with Crippen LogP contribution in [0.1, 0.15) is 18.1 Å². The highest BCUT2D eigenvalue weighted by Crippen LogP contribution is 2.30. The highest BCUT2D eigenvalue weighted by molar-refractivity contribution is 9.10. The molecule has 0 radical (unpaired) electrons. The molecular weight excluding hydrogens is 447 g/mol. The van der Waals surface area contributed by atoms with Crippen LogP contribution in [-0.4, -0.2) is 11.6 Å². The minimum Gasteiger partial charge on any atom is -0.488 e. The predicted octanol–water partition coefficient (Wildman–Crippen LogP) is 5.97. The Morgan fingerprint density at radius 2 is 1.87 bits per heavy atom. The van der Waals surface area contributed by atoms with E-state index in [4.69, 9.17) is 4.74 Å². The third-order valence-electron chi connectivity index (χ3n) is 4.62. The lowest BCUT2D eigenvalue weighted by Crippen LogP contribution is -2.21. The van der Waals surface area contributed by atoms with Gasteiger partial charge in [-0.25, -0.2) is 4.39 Å². The van der Waals surface area contributed by atoms with Gasteiger partial charge in [-0.05, 0) is 61.0 Å². The summed E-state index contributed by atoms with van der Waals surface area (Å²) in [7, 11) is 0. The van der Waals surface area contributed by atoms with Crippen LogP contribution in [0.3, 0.4) is 0 Å². The fourth-order valence-corrected chi connectivity index (χ4v) is 3.51. The molecule has 0 aliphatic carbocycles. The number of carbonyl (C=O) groups is 1. The Kier molecular flexibility index (Phi) is 5.77. The molecule has 30 heavy (non-hydrogen) atoms. The zero-order chi connectivity index (χ0) is 21.1. The minimum absolute atomic E-state index is 0.199. The van der Waals surface area contributed by atoms with Crippen molar-refractivity contribution in [3.05, 3.63) is 99.8 Å². The Balaban J connectivity index is 1.62. The summed E-state index contributed by atoms with van der Waals surface area (Å²) in [6.07, 6.45) is 1.77. The Morgan fingerprint density at radius 3 is 2.63 bits per heavy atom. The first-order valence-corrected chi connectivity index (χ1v) is 10.1. The van der Waals surface area contributed by atoms with Gasteiger partial charge in [0.25, 0.3) is 5.91 Å². The fraction of sp³-hybridized carbons (Fsp3) is 0.0833. The molecule has 1 heterocycles. The maximum absolute atomic E-state index is 13.4. The average molecular weight is 465 g/mol. The summed E-state index contributed by atoms with van der Waals surface area (Å²) in [5, 5.41) is 5.81. The standard InChI is InChI=1S/C24H18BrFN2O2/c1-16-22(24(29)28(27-16)21-8-3-2-4-9-21)14-18-13-19(25)10-11-23(18)30-15-17-6-5-7-20(26)12-17/h2-14H,15H2,1H3. The summed E-state index contributed by atoms with van der Waals surface area (Å²) >= 11 is 3.47. The van der Waals surface area contributed by atoms with E-state index in [9.17, 15) is 9.18 Å². The topological polar surface area (TPSA) is 41.9 Å². The molecule has 3 aromatic carbocycles. The van der Waals surface area contributed by atoms with E-state index in [1.165, 1.54) is 17.1 Å². The number of halogens is 2. The monoisotopic (exact) mass is 464 g/mol. The molecule has 0 saturated heterocycles. The number of hydrogen-bond acceptors (Lipinski definition) is 3. The van der Waals surface area contributed by atoms with Crippen LogP contribution < -0.4 is 9.75 Å². The van der Waals surface area contributed by atoms with Gasteiger partial charge < -0.3 is 4.74 Å². The van der Waals surface area contributed by atoms with Gasteiger partial charge in [0.1, 0.15) is 18.2 Å². The van der Waals surface area contributed by atoms with Crippen molar-refractivity contribution in [3.63, 3.8) is 0 Å². The van der Waals surface area contributed by atoms with Gasteiger partial charge in [-0.3, -0.25) is 4.79 Å². The van der Waals surface area contributed by atoms with Crippen LogP contribution in [0, 0.1) is 5.82 Å². The minimum atomic E-state index is -0.307. The molecule has 0 bridgehead atoms. The molecular formula is C24H18BrFN2O2. The van der Waals surface area contributed by atoms with Gasteiger partial charge in [-0.15, -0.1) is 0 Å². The lowest BCUT2D eigenvalue weighted by atomic mass is 10.1. The highest BCUT2D eigenvalue weighted by Gasteiger charge is 2.28. The molecule has 4 nitrogen and oxygen atoms in total. The van der Waals surface area contributed by atoms with E-state index < -0.39 is 0 Å². The van der Waals surface area contributed by atoms with Gasteiger partial charge in [-0.1, -0.05) is 46.3 Å². The van der Waals surface area contributed by atoms with E-state index >= 15 is 0 Å². The van der Waals surface area contributed by atoms with Crippen LogP contribution in [0.2, 0.25) is 0 Å². The van der Waals surface area contributed by atoms with Crippen LogP contribution in [0.15, 0.2) is 87.9 Å². The SMILES string of the molecule is CC1=NN(c2ccccc2)C(=O)C1=Cc1cc(Br)ccc1OCc1cccc(F)c1. The van der Waals surface area contributed by atoms with Gasteiger partial charge >= 0.3 is 0 Å². The van der Waals surface area contributed by atoms with Crippen LogP contribution in [-0.2, 0) is 11.4 Å². The Bertz CT molecular complexity index is 1160. The second kappa shape index (κ2) is 8.63. The molecule has 150 valence electrons. The summed E-state index contributed by atoms with van der Waals surface area (Å²) < 4.78 is 20.2. The first-order chi connectivity index (χ1) is 14.5. The normalized spacial score (nSPS) is 14.9. The first-order valence-electron chi connectivity index (χ1n) is 9.35. The second-order valence-corrected chi connectivity index (χ2v) is 7.71. The lowest BCUT2D eigenvalue weighted by Gasteiger charge is -2.12. The Morgan fingerprint density at radius 1 is 1.07 bits per heavy atom. The number of rotatable bonds is 5. The molecule has 0 fully saturated rings. The summed E-state index contributed by atoms with van der Waals surface area (Å²) in [6.45, 7) is 2.02. The van der Waals surface area contributed by atoms with Gasteiger partial charge in [0, 0.05) is 10.0 Å². The van der Waals surface area contributed by atoms with E-state index in [-0.39, 0.29) is 18.3 Å². The van der Waals surface area contributed by atoms with Crippen molar-refractivity contribution in [3.8, 4) is 5.75 Å². The number of amides is 1. The number of ether oxygens (including phenoxy) is 1. The Labute approximate surface area is 182 Å². The maximum Gasteiger partial charge on any atom is 0.280 e. The zero-order valence-electron chi connectivity index (χ0n) is 16.2. The fourth-order valence-electron chi connectivity index (χ4n) is 3.14. The van der Waals surface area contributed by atoms with E-state index in [1.54, 1.807) is 25.1 Å². The van der Waals surface area contributed by atoms with Gasteiger partial charge in [0.2, 0.25) is 0 Å². The molecule has 6 heteroatoms. The molecule has 1 amide bonds. The molecule has 0 atom stereocenters. The van der Waals surface area contributed by atoms with Gasteiger partial charge in [-0.2, -0.15) is 10.1 Å². The second-order valence-electron chi connectivity index (χ2n) is 6.80. The molecule has 3 aromatic rings. The zero-order valence-corrected chi connectivity index (χ0v) is 17.8. The molecule has 0 N–H and O–H groups in total. The quantitative estimate of drug-likeness (QED) is 0.436. The number of anilines is 1. The summed E-state index contributed by atoms with van der Waals surface area (Å²) in [4.78, 5) is 13.0. The van der Waals surface area contributed by atoms with Crippen molar-refractivity contribution in [1.82, 2.24) is 0 Å². The van der Waals surface area contributed by atoms with Crippen molar-refractivity contribution < 1.29 is 13.9 Å². The molecule has 0 spiro atoms. The molecule has 0 unspecified atom stereocenters. The van der Waals surface area contributed by atoms with Crippen LogP contribution in [0.5, 0.6) is 5.75 Å². The maximum atomic E-state index is 13.4.